The van der Waals surface area contributed by atoms with Crippen LogP contribution in [0, 0.1) is 21.4 Å². The highest BCUT2D eigenvalue weighted by Crippen LogP contribution is 2.29. The third-order valence-corrected chi connectivity index (χ3v) is 4.17. The van der Waals surface area contributed by atoms with E-state index >= 15 is 0 Å². The maximum atomic E-state index is 11.5. The molecule has 1 aliphatic rings. The number of hydrogen-bond acceptors (Lipinski definition) is 6. The normalized spacial score (nSPS) is 15.0. The van der Waals surface area contributed by atoms with Crippen molar-refractivity contribution >= 4 is 40.1 Å². The molecule has 7 nitrogen and oxygen atoms in total. The van der Waals surface area contributed by atoms with Crippen molar-refractivity contribution in [2.45, 2.75) is 32.1 Å². The summed E-state index contributed by atoms with van der Waals surface area (Å²) in [4.78, 5) is 15.3. The number of nitrogens with two attached hydrogens (primary N) is 1. The molecule has 0 spiro atoms. The number of nitro groups is 1. The molecule has 2 bridgehead atoms. The molecular formula is C14H15N5O2S2. The summed E-state index contributed by atoms with van der Waals surface area (Å²) in [5.41, 5.74) is 5.80. The van der Waals surface area contributed by atoms with Crippen molar-refractivity contribution < 1.29 is 4.92 Å². The quantitative estimate of drug-likeness (QED) is 0.472. The van der Waals surface area contributed by atoms with Gasteiger partial charge in [0, 0.05) is 6.54 Å². The SMILES string of the molecule is N#Cc1c2nc(c([N+](=O)[O-])c1C(N)=S)CCCCCCNC2=S. The number of pyridine rings is 1. The summed E-state index contributed by atoms with van der Waals surface area (Å²) in [6.45, 7) is 0.667. The van der Waals surface area contributed by atoms with Crippen molar-refractivity contribution in [2.75, 3.05) is 6.54 Å². The monoisotopic (exact) mass is 349 g/mol. The average Bonchev–Trinajstić information content (AvgIpc) is 2.54. The first-order valence-corrected chi connectivity index (χ1v) is 7.98. The minimum Gasteiger partial charge on any atom is -0.389 e. The summed E-state index contributed by atoms with van der Waals surface area (Å²) >= 11 is 10.2. The largest absolute Gasteiger partial charge is 0.389 e. The Morgan fingerprint density at radius 3 is 2.70 bits per heavy atom. The van der Waals surface area contributed by atoms with E-state index in [0.29, 0.717) is 13.0 Å². The second-order valence-electron chi connectivity index (χ2n) is 5.16. The van der Waals surface area contributed by atoms with Crippen LogP contribution >= 0.6 is 24.4 Å². The van der Waals surface area contributed by atoms with Crippen molar-refractivity contribution in [1.29, 1.82) is 5.26 Å². The standard InChI is InChI=1S/C14H15N5O2S2/c15-7-8-10(13(16)22)12(19(20)21)9-5-3-1-2-4-6-17-14(23)11(8)18-9/h1-6H2,(H2,16,22)(H,17,23). The van der Waals surface area contributed by atoms with Crippen molar-refractivity contribution in [3.63, 3.8) is 0 Å². The lowest BCUT2D eigenvalue weighted by atomic mass is 10.0. The van der Waals surface area contributed by atoms with Crippen LogP contribution in [0.15, 0.2) is 0 Å². The predicted molar refractivity (Wildman–Crippen MR) is 93.4 cm³/mol. The summed E-state index contributed by atoms with van der Waals surface area (Å²) < 4.78 is 0. The van der Waals surface area contributed by atoms with E-state index in [0.717, 1.165) is 25.7 Å². The number of nitrogens with one attached hydrogen (secondary N) is 1. The summed E-state index contributed by atoms with van der Waals surface area (Å²) in [5.74, 6) is 0. The topological polar surface area (TPSA) is 118 Å². The molecule has 1 aliphatic heterocycles. The smallest absolute Gasteiger partial charge is 0.302 e. The predicted octanol–water partition coefficient (Wildman–Crippen LogP) is 1.88. The van der Waals surface area contributed by atoms with Gasteiger partial charge in [-0.15, -0.1) is 0 Å². The van der Waals surface area contributed by atoms with Crippen molar-refractivity contribution in [2.24, 2.45) is 5.73 Å². The molecule has 120 valence electrons. The van der Waals surface area contributed by atoms with Crippen LogP contribution in [-0.4, -0.2) is 26.4 Å². The van der Waals surface area contributed by atoms with Crippen LogP contribution in [0.4, 0.5) is 5.69 Å². The lowest BCUT2D eigenvalue weighted by Gasteiger charge is -2.13. The van der Waals surface area contributed by atoms with Crippen LogP contribution < -0.4 is 11.1 Å². The van der Waals surface area contributed by atoms with Gasteiger partial charge in [-0.3, -0.25) is 10.1 Å². The maximum absolute atomic E-state index is 11.5. The summed E-state index contributed by atoms with van der Waals surface area (Å²) in [6.07, 6.45) is 4.05. The third-order valence-electron chi connectivity index (χ3n) is 3.63. The van der Waals surface area contributed by atoms with Gasteiger partial charge < -0.3 is 11.1 Å². The molecule has 0 saturated carbocycles. The number of aromatic nitrogens is 1. The fourth-order valence-electron chi connectivity index (χ4n) is 2.57. The second kappa shape index (κ2) is 7.39. The van der Waals surface area contributed by atoms with E-state index in [2.05, 4.69) is 10.3 Å². The Balaban J connectivity index is 2.77. The lowest BCUT2D eigenvalue weighted by molar-refractivity contribution is -0.386. The molecule has 0 radical (unpaired) electrons. The Kier molecular flexibility index (Phi) is 5.52. The van der Waals surface area contributed by atoms with Crippen LogP contribution in [0.5, 0.6) is 0 Å². The van der Waals surface area contributed by atoms with Crippen LogP contribution in [0.1, 0.15) is 48.2 Å². The average molecular weight is 349 g/mol. The molecule has 1 aromatic rings. The number of fused-ring (bicyclic) bond motifs is 2. The fraction of sp³-hybridized carbons (Fsp3) is 0.429. The van der Waals surface area contributed by atoms with Gasteiger partial charge >= 0.3 is 5.69 Å². The van der Waals surface area contributed by atoms with Gasteiger partial charge in [-0.25, -0.2) is 4.98 Å². The van der Waals surface area contributed by atoms with Gasteiger partial charge in [0.25, 0.3) is 0 Å². The van der Waals surface area contributed by atoms with E-state index in [1.54, 1.807) is 0 Å². The van der Waals surface area contributed by atoms with Gasteiger partial charge in [0.2, 0.25) is 0 Å². The maximum Gasteiger partial charge on any atom is 0.302 e. The minimum atomic E-state index is -0.572. The molecule has 0 aromatic carbocycles. The van der Waals surface area contributed by atoms with E-state index in [4.69, 9.17) is 30.2 Å². The van der Waals surface area contributed by atoms with E-state index in [9.17, 15) is 15.4 Å². The first-order valence-electron chi connectivity index (χ1n) is 7.16. The third kappa shape index (κ3) is 3.60. The van der Waals surface area contributed by atoms with Crippen LogP contribution in [0.3, 0.4) is 0 Å². The fourth-order valence-corrected chi connectivity index (χ4v) is 3.01. The molecular weight excluding hydrogens is 334 g/mol. The first-order chi connectivity index (χ1) is 11.0. The zero-order chi connectivity index (χ0) is 17.0. The molecule has 0 amide bonds. The van der Waals surface area contributed by atoms with Gasteiger partial charge in [0.1, 0.15) is 33.0 Å². The molecule has 0 aliphatic carbocycles. The highest BCUT2D eigenvalue weighted by Gasteiger charge is 2.30. The Morgan fingerprint density at radius 2 is 2.09 bits per heavy atom. The molecule has 23 heavy (non-hydrogen) atoms. The number of thiocarbonyl (C=S) groups is 2. The van der Waals surface area contributed by atoms with Gasteiger partial charge in [-0.05, 0) is 19.3 Å². The summed E-state index contributed by atoms with van der Waals surface area (Å²) in [6, 6.07) is 1.92. The van der Waals surface area contributed by atoms with Crippen molar-refractivity contribution in [3.05, 3.63) is 32.6 Å². The van der Waals surface area contributed by atoms with E-state index in [1.165, 1.54) is 0 Å². The summed E-state index contributed by atoms with van der Waals surface area (Å²) in [7, 11) is 0. The Labute approximate surface area is 144 Å². The number of aryl methyl sites for hydroxylation is 1. The zero-order valence-electron chi connectivity index (χ0n) is 12.3. The summed E-state index contributed by atoms with van der Waals surface area (Å²) in [5, 5.41) is 24.0. The second-order valence-corrected chi connectivity index (χ2v) is 6.01. The Morgan fingerprint density at radius 1 is 1.39 bits per heavy atom. The highest BCUT2D eigenvalue weighted by molar-refractivity contribution is 7.81. The first kappa shape index (κ1) is 17.2. The molecule has 0 atom stereocenters. The molecule has 0 fully saturated rings. The van der Waals surface area contributed by atoms with Gasteiger partial charge in [-0.1, -0.05) is 37.3 Å². The molecule has 1 aromatic heterocycles. The molecule has 2 heterocycles. The van der Waals surface area contributed by atoms with Gasteiger partial charge in [-0.2, -0.15) is 5.26 Å². The number of hydrogen-bond donors (Lipinski definition) is 2. The van der Waals surface area contributed by atoms with Crippen molar-refractivity contribution in [3.8, 4) is 6.07 Å². The number of nitrogens with zero attached hydrogens (tertiary/aromatic N) is 3. The van der Waals surface area contributed by atoms with Gasteiger partial charge in [0.05, 0.1) is 10.5 Å². The lowest BCUT2D eigenvalue weighted by Crippen LogP contribution is -2.27. The van der Waals surface area contributed by atoms with E-state index < -0.39 is 4.92 Å². The van der Waals surface area contributed by atoms with E-state index in [1.807, 2.05) is 6.07 Å². The van der Waals surface area contributed by atoms with E-state index in [-0.39, 0.29) is 38.2 Å². The van der Waals surface area contributed by atoms with Crippen LogP contribution in [0.25, 0.3) is 0 Å². The molecule has 0 unspecified atom stereocenters. The molecule has 9 heteroatoms. The number of rotatable bonds is 2. The number of nitriles is 1. The molecule has 0 saturated heterocycles. The Bertz CT molecular complexity index is 727. The molecule has 2 rings (SSSR count). The van der Waals surface area contributed by atoms with Gasteiger partial charge in [0.15, 0.2) is 0 Å². The highest BCUT2D eigenvalue weighted by atomic mass is 32.1. The van der Waals surface area contributed by atoms with Crippen LogP contribution in [0.2, 0.25) is 0 Å². The minimum absolute atomic E-state index is 0.0373. The molecule has 3 N–H and O–H groups in total. The van der Waals surface area contributed by atoms with Crippen LogP contribution in [-0.2, 0) is 6.42 Å². The van der Waals surface area contributed by atoms with Crippen molar-refractivity contribution in [1.82, 2.24) is 10.3 Å². The Hall–Kier alpha value is -2.18. The zero-order valence-corrected chi connectivity index (χ0v) is 13.9.